The zero-order chi connectivity index (χ0) is 42.1. The minimum atomic E-state index is -0.418. The van der Waals surface area contributed by atoms with Crippen LogP contribution in [0.2, 0.25) is 0 Å². The normalized spacial score (nSPS) is 14.1. The van der Waals surface area contributed by atoms with Crippen LogP contribution in [0.3, 0.4) is 0 Å². The Morgan fingerprint density at radius 1 is 0.406 bits per heavy atom. The molecule has 0 bridgehead atoms. The molecule has 1 aliphatic rings. The van der Waals surface area contributed by atoms with Gasteiger partial charge in [0.15, 0.2) is 5.84 Å². The third-order valence-electron chi connectivity index (χ3n) is 12.8. The monoisotopic (exact) mass is 835 g/mol. The molecule has 0 aliphatic carbocycles. The van der Waals surface area contributed by atoms with E-state index < -0.39 is 6.17 Å². The molecule has 0 saturated carbocycles. The fourth-order valence-electron chi connectivity index (χ4n) is 9.79. The van der Waals surface area contributed by atoms with E-state index in [1.807, 2.05) is 11.3 Å². The third-order valence-corrected chi connectivity index (χ3v) is 13.9. The Morgan fingerprint density at radius 2 is 1.08 bits per heavy atom. The lowest BCUT2D eigenvalue weighted by molar-refractivity contribution is 0.669. The lowest BCUT2D eigenvalue weighted by Gasteiger charge is -2.26. The molecule has 2 aromatic heterocycles. The summed E-state index contributed by atoms with van der Waals surface area (Å²) in [5, 5.41) is 13.2. The molecule has 1 atom stereocenters. The molecule has 4 nitrogen and oxygen atoms in total. The second-order valence-corrected chi connectivity index (χ2v) is 17.5. The van der Waals surface area contributed by atoms with Gasteiger partial charge in [0, 0.05) is 47.6 Å². The van der Waals surface area contributed by atoms with Gasteiger partial charge in [-0.05, 0) is 97.4 Å². The Balaban J connectivity index is 0.987. The molecule has 64 heavy (non-hydrogen) atoms. The molecule has 3 heterocycles. The number of rotatable bonds is 6. The highest BCUT2D eigenvalue weighted by Gasteiger charge is 2.26. The van der Waals surface area contributed by atoms with Gasteiger partial charge in [-0.1, -0.05) is 170 Å². The van der Waals surface area contributed by atoms with Crippen molar-refractivity contribution in [2.75, 3.05) is 0 Å². The van der Waals surface area contributed by atoms with Gasteiger partial charge in [-0.2, -0.15) is 0 Å². The quantitative estimate of drug-likeness (QED) is 0.181. The number of aliphatic imine (C=N–C) groups is 2. The molecule has 12 aromatic rings. The first kappa shape index (κ1) is 36.5. The van der Waals surface area contributed by atoms with Crippen molar-refractivity contribution >= 4 is 86.7 Å². The van der Waals surface area contributed by atoms with Crippen molar-refractivity contribution < 1.29 is 4.42 Å². The van der Waals surface area contributed by atoms with Crippen LogP contribution in [-0.4, -0.2) is 11.7 Å². The molecule has 0 amide bonds. The minimum Gasteiger partial charge on any atom is -0.456 e. The average molecular weight is 836 g/mol. The van der Waals surface area contributed by atoms with E-state index in [-0.39, 0.29) is 0 Å². The molecule has 1 N–H and O–H groups in total. The second-order valence-electron chi connectivity index (χ2n) is 16.4. The van der Waals surface area contributed by atoms with E-state index in [2.05, 4.69) is 218 Å². The molecule has 0 fully saturated rings. The highest BCUT2D eigenvalue weighted by molar-refractivity contribution is 7.25. The summed E-state index contributed by atoms with van der Waals surface area (Å²) in [7, 11) is 0. The van der Waals surface area contributed by atoms with Gasteiger partial charge >= 0.3 is 0 Å². The van der Waals surface area contributed by atoms with Gasteiger partial charge in [-0.3, -0.25) is 0 Å². The molecule has 10 aromatic carbocycles. The second kappa shape index (κ2) is 14.8. The van der Waals surface area contributed by atoms with Crippen LogP contribution in [0.25, 0.3) is 97.0 Å². The largest absolute Gasteiger partial charge is 0.456 e. The van der Waals surface area contributed by atoms with Crippen molar-refractivity contribution in [2.24, 2.45) is 9.98 Å². The number of nitrogens with one attached hydrogen (secondary N) is 1. The molecule has 0 radical (unpaired) electrons. The third kappa shape index (κ3) is 5.97. The maximum absolute atomic E-state index is 6.70. The molecule has 300 valence electrons. The smallest absolute Gasteiger partial charge is 0.160 e. The van der Waals surface area contributed by atoms with Gasteiger partial charge in [-0.15, -0.1) is 11.3 Å². The van der Waals surface area contributed by atoms with Crippen molar-refractivity contribution in [3.63, 3.8) is 0 Å². The average Bonchev–Trinajstić information content (AvgIpc) is 3.94. The number of nitrogens with zero attached hydrogens (tertiary/aromatic N) is 2. The van der Waals surface area contributed by atoms with Crippen LogP contribution < -0.4 is 5.32 Å². The Morgan fingerprint density at radius 3 is 1.98 bits per heavy atom. The summed E-state index contributed by atoms with van der Waals surface area (Å²) in [5.74, 6) is 1.45. The van der Waals surface area contributed by atoms with Crippen molar-refractivity contribution in [3.05, 3.63) is 229 Å². The number of amidine groups is 2. The minimum absolute atomic E-state index is 0.418. The highest BCUT2D eigenvalue weighted by Crippen LogP contribution is 2.42. The first-order chi connectivity index (χ1) is 31.7. The highest BCUT2D eigenvalue weighted by atomic mass is 32.1. The van der Waals surface area contributed by atoms with Crippen LogP contribution >= 0.6 is 11.3 Å². The molecule has 0 spiro atoms. The van der Waals surface area contributed by atoms with Crippen LogP contribution in [0.15, 0.2) is 227 Å². The Bertz CT molecular complexity index is 3890. The SMILES string of the molecule is c1ccc(-c2ccc(C3N=C(c4ccccc4-c4cccc5oc6cc(-c7cccc8ccccc78)ccc6c45)N=C(c4ccc5sc6ccccc6c5c4)N3)c3ccccc23)cc1. The predicted molar refractivity (Wildman–Crippen MR) is 270 cm³/mol. The zero-order valence-corrected chi connectivity index (χ0v) is 35.3. The van der Waals surface area contributed by atoms with Gasteiger partial charge < -0.3 is 9.73 Å². The molecule has 1 aliphatic heterocycles. The van der Waals surface area contributed by atoms with E-state index >= 15 is 0 Å². The van der Waals surface area contributed by atoms with Crippen molar-refractivity contribution in [3.8, 4) is 33.4 Å². The first-order valence-electron chi connectivity index (χ1n) is 21.7. The molecular weight excluding hydrogens is 799 g/mol. The lowest BCUT2D eigenvalue weighted by atomic mass is 9.93. The molecule has 5 heteroatoms. The van der Waals surface area contributed by atoms with Gasteiger partial charge in [0.05, 0.1) is 0 Å². The topological polar surface area (TPSA) is 49.9 Å². The number of fused-ring (bicyclic) bond motifs is 8. The van der Waals surface area contributed by atoms with Crippen LogP contribution in [0.1, 0.15) is 22.9 Å². The summed E-state index contributed by atoms with van der Waals surface area (Å²) in [6.45, 7) is 0. The standard InChI is InChI=1S/C59H37N3OS/c1-2-14-36(15-3-1)42-31-32-49(44-20-7-6-19-43(42)44)59-61-57(39-29-33-55-51(34-39)46-22-10-11-27-54(46)64-55)60-58(62-59)48-23-9-8-21-45(48)47-25-13-26-52-56(47)50-30-28-38(35-53(50)63-52)41-24-12-17-37-16-4-5-18-40(37)41/h1-35,59H,(H,60,61,62). The number of hydrogen-bond donors (Lipinski definition) is 1. The number of furan rings is 1. The summed E-state index contributed by atoms with van der Waals surface area (Å²) < 4.78 is 9.23. The van der Waals surface area contributed by atoms with Gasteiger partial charge in [0.1, 0.15) is 23.2 Å². The predicted octanol–water partition coefficient (Wildman–Crippen LogP) is 15.8. The van der Waals surface area contributed by atoms with Crippen LogP contribution in [0.5, 0.6) is 0 Å². The Kier molecular flexibility index (Phi) is 8.43. The van der Waals surface area contributed by atoms with E-state index in [1.165, 1.54) is 53.0 Å². The fraction of sp³-hybridized carbons (Fsp3) is 0.0169. The van der Waals surface area contributed by atoms with E-state index in [0.717, 1.165) is 66.5 Å². The van der Waals surface area contributed by atoms with Crippen molar-refractivity contribution in [1.29, 1.82) is 0 Å². The Hall–Kier alpha value is -8.12. The zero-order valence-electron chi connectivity index (χ0n) is 34.5. The van der Waals surface area contributed by atoms with Crippen LogP contribution in [-0.2, 0) is 0 Å². The summed E-state index contributed by atoms with van der Waals surface area (Å²) in [6, 6.07) is 75.7. The maximum Gasteiger partial charge on any atom is 0.160 e. The van der Waals surface area contributed by atoms with Crippen LogP contribution in [0, 0.1) is 0 Å². The molecular formula is C59H37N3OS. The van der Waals surface area contributed by atoms with E-state index in [4.69, 9.17) is 14.4 Å². The molecule has 13 rings (SSSR count). The fourth-order valence-corrected chi connectivity index (χ4v) is 10.9. The van der Waals surface area contributed by atoms with Crippen molar-refractivity contribution in [1.82, 2.24) is 5.32 Å². The van der Waals surface area contributed by atoms with Crippen LogP contribution in [0.4, 0.5) is 0 Å². The van der Waals surface area contributed by atoms with Gasteiger partial charge in [-0.25, -0.2) is 9.98 Å². The van der Waals surface area contributed by atoms with E-state index in [1.54, 1.807) is 0 Å². The van der Waals surface area contributed by atoms with E-state index in [0.29, 0.717) is 5.84 Å². The molecule has 0 saturated heterocycles. The first-order valence-corrected chi connectivity index (χ1v) is 22.5. The number of thiophene rings is 1. The summed E-state index contributed by atoms with van der Waals surface area (Å²) >= 11 is 1.82. The Labute approximate surface area is 373 Å². The number of benzene rings is 10. The van der Waals surface area contributed by atoms with Gasteiger partial charge in [0.25, 0.3) is 0 Å². The summed E-state index contributed by atoms with van der Waals surface area (Å²) in [5.41, 5.74) is 11.6. The van der Waals surface area contributed by atoms with E-state index in [9.17, 15) is 0 Å². The summed E-state index contributed by atoms with van der Waals surface area (Å²) in [4.78, 5) is 11.0. The van der Waals surface area contributed by atoms with Gasteiger partial charge in [0.2, 0.25) is 0 Å². The molecule has 1 unspecified atom stereocenters. The van der Waals surface area contributed by atoms with Crippen molar-refractivity contribution in [2.45, 2.75) is 6.17 Å². The summed E-state index contributed by atoms with van der Waals surface area (Å²) in [6.07, 6.45) is -0.418. The lowest BCUT2D eigenvalue weighted by Crippen LogP contribution is -2.33. The number of hydrogen-bond acceptors (Lipinski definition) is 5. The maximum atomic E-state index is 6.70.